The summed E-state index contributed by atoms with van der Waals surface area (Å²) in [6.45, 7) is 6.14. The highest BCUT2D eigenvalue weighted by molar-refractivity contribution is 7.53. The average Bonchev–Trinajstić information content (AvgIpc) is 2.26. The van der Waals surface area contributed by atoms with Gasteiger partial charge in [-0.2, -0.15) is 0 Å². The van der Waals surface area contributed by atoms with Gasteiger partial charge in [-0.3, -0.25) is 4.57 Å². The minimum Gasteiger partial charge on any atom is -0.464 e. The summed E-state index contributed by atoms with van der Waals surface area (Å²) in [7, 11) is -3.07. The van der Waals surface area contributed by atoms with Crippen molar-refractivity contribution in [2.45, 2.75) is 20.8 Å². The van der Waals surface area contributed by atoms with E-state index in [9.17, 15) is 9.36 Å². The molecule has 0 aromatic carbocycles. The lowest BCUT2D eigenvalue weighted by atomic mass is 10.7. The van der Waals surface area contributed by atoms with Crippen LogP contribution in [0.5, 0.6) is 0 Å². The first kappa shape index (κ1) is 16.6. The summed E-state index contributed by atoms with van der Waals surface area (Å²) < 4.78 is 31.8. The number of hydrogen-bond donors (Lipinski definition) is 0. The fraction of sp³-hybridized carbons (Fsp3) is 0.900. The van der Waals surface area contributed by atoms with E-state index in [0.29, 0.717) is 19.8 Å². The predicted molar refractivity (Wildman–Crippen MR) is 63.2 cm³/mol. The van der Waals surface area contributed by atoms with Crippen LogP contribution in [-0.2, 0) is 27.9 Å². The first-order valence-corrected chi connectivity index (χ1v) is 7.42. The third kappa shape index (κ3) is 8.32. The third-order valence-electron chi connectivity index (χ3n) is 1.69. The second-order valence-corrected chi connectivity index (χ2v) is 5.21. The van der Waals surface area contributed by atoms with Gasteiger partial charge in [0.05, 0.1) is 32.6 Å². The van der Waals surface area contributed by atoms with E-state index in [2.05, 4.69) is 4.74 Å². The fourth-order valence-electron chi connectivity index (χ4n) is 1.09. The van der Waals surface area contributed by atoms with Crippen molar-refractivity contribution in [3.8, 4) is 0 Å². The molecule has 0 aromatic rings. The maximum Gasteiger partial charge on any atom is 0.332 e. The van der Waals surface area contributed by atoms with Crippen LogP contribution in [0.4, 0.5) is 0 Å². The van der Waals surface area contributed by atoms with Crippen LogP contribution in [0.1, 0.15) is 20.8 Å². The highest BCUT2D eigenvalue weighted by Crippen LogP contribution is 2.47. The van der Waals surface area contributed by atoms with Crippen molar-refractivity contribution in [2.24, 2.45) is 0 Å². The van der Waals surface area contributed by atoms with Gasteiger partial charge in [0.25, 0.3) is 0 Å². The molecule has 0 saturated heterocycles. The molecule has 0 spiro atoms. The van der Waals surface area contributed by atoms with E-state index in [1.165, 1.54) is 0 Å². The molecular formula is C10H21O6P. The summed E-state index contributed by atoms with van der Waals surface area (Å²) in [6.07, 6.45) is 0.133. The zero-order valence-electron chi connectivity index (χ0n) is 10.6. The molecule has 0 aliphatic carbocycles. The van der Waals surface area contributed by atoms with Crippen LogP contribution in [0.25, 0.3) is 0 Å². The third-order valence-corrected chi connectivity index (χ3v) is 3.72. The molecule has 0 N–H and O–H groups in total. The largest absolute Gasteiger partial charge is 0.464 e. The number of carbonyl (C=O) groups is 1. The Kier molecular flexibility index (Phi) is 9.36. The number of esters is 1. The van der Waals surface area contributed by atoms with E-state index in [-0.39, 0.29) is 19.4 Å². The van der Waals surface area contributed by atoms with Crippen molar-refractivity contribution >= 4 is 13.6 Å². The smallest absolute Gasteiger partial charge is 0.332 e. The van der Waals surface area contributed by atoms with E-state index in [1.54, 1.807) is 20.8 Å². The Labute approximate surface area is 102 Å². The molecular weight excluding hydrogens is 247 g/mol. The van der Waals surface area contributed by atoms with Crippen LogP contribution < -0.4 is 0 Å². The molecule has 0 fully saturated rings. The van der Waals surface area contributed by atoms with Gasteiger partial charge in [0.1, 0.15) is 6.61 Å². The lowest BCUT2D eigenvalue weighted by Gasteiger charge is -2.16. The molecule has 0 aliphatic heterocycles. The zero-order valence-corrected chi connectivity index (χ0v) is 11.5. The molecule has 0 rings (SSSR count). The summed E-state index contributed by atoms with van der Waals surface area (Å²) in [5.74, 6) is -0.435. The maximum absolute atomic E-state index is 11.9. The van der Waals surface area contributed by atoms with E-state index in [1.807, 2.05) is 0 Å². The topological polar surface area (TPSA) is 71.1 Å². The number of hydrogen-bond acceptors (Lipinski definition) is 6. The van der Waals surface area contributed by atoms with E-state index in [0.717, 1.165) is 0 Å². The quantitative estimate of drug-likeness (QED) is 0.342. The molecule has 6 nitrogen and oxygen atoms in total. The molecule has 0 heterocycles. The molecule has 17 heavy (non-hydrogen) atoms. The molecule has 0 radical (unpaired) electrons. The SMILES string of the molecule is CCOC(=O)COCCP(=O)(OCC)OCC. The Hall–Kier alpha value is -0.420. The molecule has 102 valence electrons. The van der Waals surface area contributed by atoms with Crippen molar-refractivity contribution in [3.05, 3.63) is 0 Å². The van der Waals surface area contributed by atoms with Gasteiger partial charge in [-0.1, -0.05) is 0 Å². The molecule has 0 amide bonds. The number of carbonyl (C=O) groups excluding carboxylic acids is 1. The highest BCUT2D eigenvalue weighted by Gasteiger charge is 2.23. The predicted octanol–water partition coefficient (Wildman–Crippen LogP) is 1.83. The van der Waals surface area contributed by atoms with Gasteiger partial charge in [-0.25, -0.2) is 4.79 Å². The van der Waals surface area contributed by atoms with Crippen LogP contribution >= 0.6 is 7.60 Å². The van der Waals surface area contributed by atoms with Gasteiger partial charge in [-0.15, -0.1) is 0 Å². The molecule has 7 heteroatoms. The Morgan fingerprint density at radius 3 is 2.12 bits per heavy atom. The minimum absolute atomic E-state index is 0.133. The molecule has 0 atom stereocenters. The van der Waals surface area contributed by atoms with Crippen molar-refractivity contribution < 1.29 is 27.9 Å². The van der Waals surface area contributed by atoms with Crippen LogP contribution in [0, 0.1) is 0 Å². The summed E-state index contributed by atoms with van der Waals surface area (Å²) in [6, 6.07) is 0. The highest BCUT2D eigenvalue weighted by atomic mass is 31.2. The Morgan fingerprint density at radius 1 is 1.06 bits per heavy atom. The number of rotatable bonds is 10. The summed E-state index contributed by atoms with van der Waals surface area (Å²) in [4.78, 5) is 10.9. The number of ether oxygens (including phenoxy) is 2. The van der Waals surface area contributed by atoms with Crippen molar-refractivity contribution in [1.29, 1.82) is 0 Å². The molecule has 0 unspecified atom stereocenters. The Bertz CT molecular complexity index is 245. The summed E-state index contributed by atoms with van der Waals surface area (Å²) in [5, 5.41) is 0. The zero-order chi connectivity index (χ0) is 13.1. The van der Waals surface area contributed by atoms with Crippen LogP contribution in [-0.4, -0.2) is 45.2 Å². The van der Waals surface area contributed by atoms with Crippen molar-refractivity contribution in [2.75, 3.05) is 39.2 Å². The maximum atomic E-state index is 11.9. The van der Waals surface area contributed by atoms with E-state index in [4.69, 9.17) is 13.8 Å². The van der Waals surface area contributed by atoms with E-state index >= 15 is 0 Å². The van der Waals surface area contributed by atoms with Crippen molar-refractivity contribution in [1.82, 2.24) is 0 Å². The van der Waals surface area contributed by atoms with Crippen LogP contribution in [0.15, 0.2) is 0 Å². The monoisotopic (exact) mass is 268 g/mol. The van der Waals surface area contributed by atoms with Gasteiger partial charge < -0.3 is 18.5 Å². The molecule has 0 bridgehead atoms. The average molecular weight is 268 g/mol. The van der Waals surface area contributed by atoms with Crippen LogP contribution in [0.2, 0.25) is 0 Å². The van der Waals surface area contributed by atoms with Crippen LogP contribution in [0.3, 0.4) is 0 Å². The second-order valence-electron chi connectivity index (χ2n) is 3.03. The lowest BCUT2D eigenvalue weighted by molar-refractivity contribution is -0.148. The van der Waals surface area contributed by atoms with E-state index < -0.39 is 13.6 Å². The fourth-order valence-corrected chi connectivity index (χ4v) is 2.57. The van der Waals surface area contributed by atoms with Gasteiger partial charge >= 0.3 is 13.6 Å². The summed E-state index contributed by atoms with van der Waals surface area (Å²) in [5.41, 5.74) is 0. The van der Waals surface area contributed by atoms with Gasteiger partial charge in [0.2, 0.25) is 0 Å². The normalized spacial score (nSPS) is 11.5. The molecule has 0 aromatic heterocycles. The first-order valence-electron chi connectivity index (χ1n) is 5.69. The standard InChI is InChI=1S/C10H21O6P/c1-4-14-10(11)9-13-7-8-17(12,15-5-2)16-6-3/h4-9H2,1-3H3. The van der Waals surface area contributed by atoms with Gasteiger partial charge in [0, 0.05) is 0 Å². The first-order chi connectivity index (χ1) is 8.08. The minimum atomic E-state index is -3.07. The summed E-state index contributed by atoms with van der Waals surface area (Å²) >= 11 is 0. The van der Waals surface area contributed by atoms with Crippen molar-refractivity contribution in [3.63, 3.8) is 0 Å². The lowest BCUT2D eigenvalue weighted by Crippen LogP contribution is -2.15. The molecule has 0 saturated carbocycles. The van der Waals surface area contributed by atoms with Gasteiger partial charge in [0.15, 0.2) is 0 Å². The Morgan fingerprint density at radius 2 is 1.65 bits per heavy atom. The second kappa shape index (κ2) is 9.59. The Balaban J connectivity index is 3.82. The molecule has 0 aliphatic rings. The van der Waals surface area contributed by atoms with Gasteiger partial charge in [-0.05, 0) is 20.8 Å².